The number of carbonyl (C=O) groups excluding carboxylic acids is 1. The minimum absolute atomic E-state index is 0.0713. The largest absolute Gasteiger partial charge is 0.393 e. The molecule has 3 nitrogen and oxygen atoms in total. The number of hydrogen-bond acceptors (Lipinski definition) is 2. The van der Waals surface area contributed by atoms with Gasteiger partial charge in [-0.05, 0) is 56.2 Å². The summed E-state index contributed by atoms with van der Waals surface area (Å²) in [6, 6.07) is 3.61. The molecule has 126 valence electrons. The van der Waals surface area contributed by atoms with Crippen LogP contribution in [0.5, 0.6) is 0 Å². The van der Waals surface area contributed by atoms with E-state index in [1.54, 1.807) is 12.1 Å². The van der Waals surface area contributed by atoms with Gasteiger partial charge >= 0.3 is 0 Å². The summed E-state index contributed by atoms with van der Waals surface area (Å²) < 4.78 is 0. The number of aliphatic hydroxyl groups excluding tert-OH is 1. The van der Waals surface area contributed by atoms with Crippen LogP contribution in [0.4, 0.5) is 0 Å². The van der Waals surface area contributed by atoms with E-state index in [0.717, 1.165) is 44.2 Å². The van der Waals surface area contributed by atoms with Gasteiger partial charge in [0.15, 0.2) is 0 Å². The standard InChI is InChI=1S/C17H20Cl3NO2/c18-11-8-15(19)14(16(20)9-11)7-10-5-6-21(17(10)23)12-1-3-13(22)4-2-12/h8-10,12-13,22H,1-7H2. The van der Waals surface area contributed by atoms with Crippen LogP contribution < -0.4 is 0 Å². The van der Waals surface area contributed by atoms with Crippen LogP contribution in [0.25, 0.3) is 0 Å². The SMILES string of the molecule is O=C1C(Cc2c(Cl)cc(Cl)cc2Cl)CCN1C1CCC(O)CC1. The fourth-order valence-electron chi connectivity index (χ4n) is 3.70. The smallest absolute Gasteiger partial charge is 0.226 e. The van der Waals surface area contributed by atoms with Crippen molar-refractivity contribution < 1.29 is 9.90 Å². The average molecular weight is 377 g/mol. The Bertz CT molecular complexity index is 576. The molecule has 1 aliphatic heterocycles. The van der Waals surface area contributed by atoms with E-state index in [1.165, 1.54) is 0 Å². The van der Waals surface area contributed by atoms with E-state index in [-0.39, 0.29) is 24.0 Å². The Kier molecular flexibility index (Phi) is 5.42. The number of amides is 1. The number of likely N-dealkylation sites (tertiary alicyclic amines) is 1. The van der Waals surface area contributed by atoms with Crippen LogP contribution in [0.15, 0.2) is 12.1 Å². The van der Waals surface area contributed by atoms with Crippen molar-refractivity contribution in [3.05, 3.63) is 32.8 Å². The molecule has 0 bridgehead atoms. The third-order valence-corrected chi connectivity index (χ3v) is 5.91. The summed E-state index contributed by atoms with van der Waals surface area (Å²) in [5.74, 6) is 0.117. The molecule has 1 aromatic carbocycles. The predicted molar refractivity (Wildman–Crippen MR) is 93.3 cm³/mol. The van der Waals surface area contributed by atoms with Gasteiger partial charge in [0.05, 0.1) is 6.10 Å². The van der Waals surface area contributed by atoms with Gasteiger partial charge in [0.1, 0.15) is 0 Å². The van der Waals surface area contributed by atoms with Crippen molar-refractivity contribution in [2.24, 2.45) is 5.92 Å². The fraction of sp³-hybridized carbons (Fsp3) is 0.588. The number of rotatable bonds is 3. The van der Waals surface area contributed by atoms with Crippen LogP contribution >= 0.6 is 34.8 Å². The average Bonchev–Trinajstić information content (AvgIpc) is 2.85. The first kappa shape index (κ1) is 17.3. The molecule has 1 N–H and O–H groups in total. The van der Waals surface area contributed by atoms with Gasteiger partial charge in [-0.1, -0.05) is 34.8 Å². The van der Waals surface area contributed by atoms with Crippen molar-refractivity contribution >= 4 is 40.7 Å². The van der Waals surface area contributed by atoms with Crippen molar-refractivity contribution in [3.8, 4) is 0 Å². The maximum absolute atomic E-state index is 12.7. The van der Waals surface area contributed by atoms with Crippen LogP contribution in [0, 0.1) is 5.92 Å². The predicted octanol–water partition coefficient (Wildman–Crippen LogP) is 4.34. The number of benzene rings is 1. The summed E-state index contributed by atoms with van der Waals surface area (Å²) >= 11 is 18.4. The Morgan fingerprint density at radius 1 is 1.04 bits per heavy atom. The molecule has 0 aromatic heterocycles. The van der Waals surface area contributed by atoms with E-state index >= 15 is 0 Å². The molecule has 3 rings (SSSR count). The highest BCUT2D eigenvalue weighted by molar-refractivity contribution is 6.39. The molecule has 1 aromatic rings. The molecule has 0 spiro atoms. The lowest BCUT2D eigenvalue weighted by atomic mass is 9.92. The second kappa shape index (κ2) is 7.18. The molecule has 1 atom stereocenters. The lowest BCUT2D eigenvalue weighted by Gasteiger charge is -2.33. The van der Waals surface area contributed by atoms with Gasteiger partial charge in [0.25, 0.3) is 0 Å². The first-order valence-electron chi connectivity index (χ1n) is 8.07. The molecule has 1 amide bonds. The molecule has 2 fully saturated rings. The molecule has 1 unspecified atom stereocenters. The zero-order valence-electron chi connectivity index (χ0n) is 12.8. The minimum Gasteiger partial charge on any atom is -0.393 e. The van der Waals surface area contributed by atoms with Crippen molar-refractivity contribution in [1.29, 1.82) is 0 Å². The second-order valence-corrected chi connectivity index (χ2v) is 7.78. The zero-order valence-corrected chi connectivity index (χ0v) is 15.0. The quantitative estimate of drug-likeness (QED) is 0.852. The van der Waals surface area contributed by atoms with Crippen molar-refractivity contribution in [2.75, 3.05) is 6.54 Å². The number of aliphatic hydroxyl groups is 1. The van der Waals surface area contributed by atoms with Crippen molar-refractivity contribution in [2.45, 2.75) is 50.7 Å². The Labute approximate surface area is 151 Å². The van der Waals surface area contributed by atoms with Gasteiger partial charge in [-0.15, -0.1) is 0 Å². The lowest BCUT2D eigenvalue weighted by molar-refractivity contribution is -0.133. The molecule has 1 saturated heterocycles. The molecule has 23 heavy (non-hydrogen) atoms. The maximum atomic E-state index is 12.7. The molecular formula is C17H20Cl3NO2. The monoisotopic (exact) mass is 375 g/mol. The van der Waals surface area contributed by atoms with Crippen LogP contribution in [-0.4, -0.2) is 34.6 Å². The number of hydrogen-bond donors (Lipinski definition) is 1. The maximum Gasteiger partial charge on any atom is 0.226 e. The Morgan fingerprint density at radius 3 is 2.26 bits per heavy atom. The summed E-state index contributed by atoms with van der Waals surface area (Å²) in [5.41, 5.74) is 0.803. The number of halogens is 3. The summed E-state index contributed by atoms with van der Waals surface area (Å²) in [6.07, 6.45) is 4.53. The second-order valence-electron chi connectivity index (χ2n) is 6.53. The highest BCUT2D eigenvalue weighted by atomic mass is 35.5. The van der Waals surface area contributed by atoms with Crippen molar-refractivity contribution in [1.82, 2.24) is 4.90 Å². The van der Waals surface area contributed by atoms with E-state index < -0.39 is 0 Å². The van der Waals surface area contributed by atoms with Crippen molar-refractivity contribution in [3.63, 3.8) is 0 Å². The normalized spacial score (nSPS) is 28.4. The van der Waals surface area contributed by atoms with E-state index in [1.807, 2.05) is 4.90 Å². The van der Waals surface area contributed by atoms with Gasteiger partial charge in [-0.2, -0.15) is 0 Å². The highest BCUT2D eigenvalue weighted by Gasteiger charge is 2.37. The molecule has 1 saturated carbocycles. The Balaban J connectivity index is 1.68. The summed E-state index contributed by atoms with van der Waals surface area (Å²) in [5, 5.41) is 11.2. The van der Waals surface area contributed by atoms with Gasteiger partial charge in [0, 0.05) is 33.6 Å². The van der Waals surface area contributed by atoms with Crippen LogP contribution in [0.2, 0.25) is 15.1 Å². The van der Waals surface area contributed by atoms with Crippen LogP contribution in [0.3, 0.4) is 0 Å². The summed E-state index contributed by atoms with van der Waals surface area (Å²) in [7, 11) is 0. The summed E-state index contributed by atoms with van der Waals surface area (Å²) in [4.78, 5) is 14.7. The van der Waals surface area contributed by atoms with Gasteiger partial charge < -0.3 is 10.0 Å². The number of nitrogens with zero attached hydrogens (tertiary/aromatic N) is 1. The van der Waals surface area contributed by atoms with Gasteiger partial charge in [-0.25, -0.2) is 0 Å². The van der Waals surface area contributed by atoms with Crippen LogP contribution in [0.1, 0.15) is 37.7 Å². The van der Waals surface area contributed by atoms with E-state index in [2.05, 4.69) is 0 Å². The Hall–Kier alpha value is -0.480. The molecule has 1 heterocycles. The Morgan fingerprint density at radius 2 is 1.65 bits per heavy atom. The molecule has 0 radical (unpaired) electrons. The minimum atomic E-state index is -0.202. The molecule has 2 aliphatic rings. The lowest BCUT2D eigenvalue weighted by Crippen LogP contribution is -2.41. The van der Waals surface area contributed by atoms with Gasteiger partial charge in [0.2, 0.25) is 5.91 Å². The topological polar surface area (TPSA) is 40.5 Å². The fourth-order valence-corrected chi connectivity index (χ4v) is 4.67. The van der Waals surface area contributed by atoms with Gasteiger partial charge in [-0.3, -0.25) is 4.79 Å². The number of carbonyl (C=O) groups is 1. The first-order chi connectivity index (χ1) is 11.0. The van der Waals surface area contributed by atoms with E-state index in [0.29, 0.717) is 21.5 Å². The van der Waals surface area contributed by atoms with E-state index in [4.69, 9.17) is 34.8 Å². The highest BCUT2D eigenvalue weighted by Crippen LogP contribution is 2.35. The molecule has 1 aliphatic carbocycles. The molecular weight excluding hydrogens is 357 g/mol. The first-order valence-corrected chi connectivity index (χ1v) is 9.21. The third-order valence-electron chi connectivity index (χ3n) is 5.01. The third kappa shape index (κ3) is 3.79. The summed E-state index contributed by atoms with van der Waals surface area (Å²) in [6.45, 7) is 0.785. The van der Waals surface area contributed by atoms with E-state index in [9.17, 15) is 9.90 Å². The van der Waals surface area contributed by atoms with Crippen LogP contribution in [-0.2, 0) is 11.2 Å². The molecule has 6 heteroatoms. The zero-order chi connectivity index (χ0) is 16.6.